The Kier molecular flexibility index (Phi) is 5.46. The van der Waals surface area contributed by atoms with Crippen LogP contribution in [0.3, 0.4) is 0 Å². The number of aliphatic hydroxyl groups excluding tert-OH is 1. The monoisotopic (exact) mass is 331 g/mol. The summed E-state index contributed by atoms with van der Waals surface area (Å²) in [4.78, 5) is -0.0427. The van der Waals surface area contributed by atoms with Gasteiger partial charge in [-0.3, -0.25) is 0 Å². The number of hydrogen-bond acceptors (Lipinski definition) is 4. The second-order valence-electron chi connectivity index (χ2n) is 3.94. The fraction of sp³-hybridized carbons (Fsp3) is 0.600. The zero-order chi connectivity index (χ0) is 14.0. The van der Waals surface area contributed by atoms with Crippen molar-refractivity contribution in [1.82, 2.24) is 4.72 Å². The van der Waals surface area contributed by atoms with Crippen molar-refractivity contribution in [3.63, 3.8) is 0 Å². The lowest BCUT2D eigenvalue weighted by atomic mass is 9.96. The van der Waals surface area contributed by atoms with E-state index >= 15 is 0 Å². The first-order valence-electron chi connectivity index (χ1n) is 5.40. The summed E-state index contributed by atoms with van der Waals surface area (Å²) in [5, 5.41) is 9.38. The van der Waals surface area contributed by atoms with Gasteiger partial charge in [0.1, 0.15) is 9.23 Å². The van der Waals surface area contributed by atoms with Crippen molar-refractivity contribution in [2.75, 3.05) is 6.61 Å². The van der Waals surface area contributed by atoms with Gasteiger partial charge in [0.15, 0.2) is 0 Å². The average Bonchev–Trinajstić information content (AvgIpc) is 2.66. The third-order valence-electron chi connectivity index (χ3n) is 2.92. The molecule has 0 aliphatic heterocycles. The maximum atomic E-state index is 12.2. The molecule has 1 aromatic heterocycles. The molecule has 18 heavy (non-hydrogen) atoms. The van der Waals surface area contributed by atoms with Gasteiger partial charge in [0.25, 0.3) is 0 Å². The fourth-order valence-electron chi connectivity index (χ4n) is 1.50. The van der Waals surface area contributed by atoms with Gasteiger partial charge in [-0.15, -0.1) is 11.3 Å². The Balaban J connectivity index is 3.12. The molecule has 0 bridgehead atoms. The molecule has 104 valence electrons. The van der Waals surface area contributed by atoms with Crippen molar-refractivity contribution >= 4 is 44.6 Å². The number of sulfonamides is 1. The maximum Gasteiger partial charge on any atom is 0.243 e. The van der Waals surface area contributed by atoms with Crippen LogP contribution in [-0.4, -0.2) is 25.7 Å². The molecule has 1 heterocycles. The zero-order valence-corrected chi connectivity index (χ0v) is 13.2. The molecule has 0 aliphatic carbocycles. The molecule has 0 atom stereocenters. The minimum Gasteiger partial charge on any atom is -0.394 e. The Bertz CT molecular complexity index is 501. The Morgan fingerprint density at radius 1 is 1.39 bits per heavy atom. The van der Waals surface area contributed by atoms with E-state index in [1.165, 1.54) is 6.07 Å². The number of hydrogen-bond donors (Lipinski definition) is 2. The molecule has 8 heteroatoms. The van der Waals surface area contributed by atoms with Gasteiger partial charge in [-0.25, -0.2) is 13.1 Å². The normalized spacial score (nSPS) is 12.9. The van der Waals surface area contributed by atoms with Gasteiger partial charge >= 0.3 is 0 Å². The molecule has 0 aliphatic rings. The molecule has 0 amide bonds. The Morgan fingerprint density at radius 2 is 1.94 bits per heavy atom. The lowest BCUT2D eigenvalue weighted by Crippen LogP contribution is -2.50. The summed E-state index contributed by atoms with van der Waals surface area (Å²) in [5.41, 5.74) is -0.865. The highest BCUT2D eigenvalue weighted by molar-refractivity contribution is 7.89. The summed E-state index contributed by atoms with van der Waals surface area (Å²) in [5.74, 6) is 0. The van der Waals surface area contributed by atoms with E-state index in [0.29, 0.717) is 17.2 Å². The molecule has 1 aromatic rings. The number of nitrogens with one attached hydrogen (secondary N) is 1. The Labute approximate surface area is 121 Å². The molecule has 0 fully saturated rings. The van der Waals surface area contributed by atoms with Crippen LogP contribution in [-0.2, 0) is 10.0 Å². The topological polar surface area (TPSA) is 66.4 Å². The summed E-state index contributed by atoms with van der Waals surface area (Å²) in [6, 6.07) is 1.31. The van der Waals surface area contributed by atoms with Crippen LogP contribution in [0.2, 0.25) is 8.67 Å². The highest BCUT2D eigenvalue weighted by Gasteiger charge is 2.33. The molecular formula is C10H15Cl2NO3S2. The second kappa shape index (κ2) is 6.07. The summed E-state index contributed by atoms with van der Waals surface area (Å²) in [6.07, 6.45) is 0.962. The van der Waals surface area contributed by atoms with Crippen molar-refractivity contribution < 1.29 is 13.5 Å². The van der Waals surface area contributed by atoms with Gasteiger partial charge < -0.3 is 5.11 Å². The van der Waals surface area contributed by atoms with E-state index in [0.717, 1.165) is 11.3 Å². The highest BCUT2D eigenvalue weighted by Crippen LogP contribution is 2.35. The number of rotatable bonds is 6. The van der Waals surface area contributed by atoms with Gasteiger partial charge in [0.05, 0.1) is 16.5 Å². The number of halogens is 2. The van der Waals surface area contributed by atoms with Gasteiger partial charge in [-0.2, -0.15) is 0 Å². The van der Waals surface area contributed by atoms with Crippen molar-refractivity contribution in [2.24, 2.45) is 0 Å². The molecule has 4 nitrogen and oxygen atoms in total. The summed E-state index contributed by atoms with van der Waals surface area (Å²) in [7, 11) is -3.78. The summed E-state index contributed by atoms with van der Waals surface area (Å²) in [6.45, 7) is 3.35. The highest BCUT2D eigenvalue weighted by atomic mass is 35.5. The lowest BCUT2D eigenvalue weighted by Gasteiger charge is -2.30. The molecule has 0 aromatic carbocycles. The van der Waals surface area contributed by atoms with Crippen LogP contribution in [0.1, 0.15) is 26.7 Å². The molecular weight excluding hydrogens is 317 g/mol. The van der Waals surface area contributed by atoms with Gasteiger partial charge in [0, 0.05) is 0 Å². The third kappa shape index (κ3) is 3.37. The van der Waals surface area contributed by atoms with E-state index < -0.39 is 15.6 Å². The minimum atomic E-state index is -3.78. The van der Waals surface area contributed by atoms with Crippen LogP contribution in [0.25, 0.3) is 0 Å². The van der Waals surface area contributed by atoms with Crippen LogP contribution in [0, 0.1) is 0 Å². The Hall–Kier alpha value is 0.150. The minimum absolute atomic E-state index is 0.0427. The van der Waals surface area contributed by atoms with Crippen LogP contribution >= 0.6 is 34.5 Å². The first kappa shape index (κ1) is 16.2. The van der Waals surface area contributed by atoms with Gasteiger partial charge in [0.2, 0.25) is 10.0 Å². The molecule has 1 rings (SSSR count). The molecule has 0 spiro atoms. The van der Waals surface area contributed by atoms with E-state index in [-0.39, 0.29) is 15.8 Å². The second-order valence-corrected chi connectivity index (χ2v) is 7.88. The largest absolute Gasteiger partial charge is 0.394 e. The van der Waals surface area contributed by atoms with Crippen LogP contribution in [0.15, 0.2) is 11.0 Å². The van der Waals surface area contributed by atoms with Crippen LogP contribution in [0.4, 0.5) is 0 Å². The quantitative estimate of drug-likeness (QED) is 0.842. The first-order chi connectivity index (χ1) is 8.30. The maximum absolute atomic E-state index is 12.2. The first-order valence-corrected chi connectivity index (χ1v) is 8.45. The summed E-state index contributed by atoms with van der Waals surface area (Å²) < 4.78 is 27.3. The summed E-state index contributed by atoms with van der Waals surface area (Å²) >= 11 is 12.6. The predicted octanol–water partition coefficient (Wildman–Crippen LogP) is 2.88. The predicted molar refractivity (Wildman–Crippen MR) is 75.1 cm³/mol. The molecule has 0 radical (unpaired) electrons. The zero-order valence-electron chi connectivity index (χ0n) is 10.0. The van der Waals surface area contributed by atoms with Gasteiger partial charge in [-0.1, -0.05) is 37.0 Å². The fourth-order valence-corrected chi connectivity index (χ4v) is 5.18. The number of aliphatic hydroxyl groups is 1. The van der Waals surface area contributed by atoms with Gasteiger partial charge in [-0.05, 0) is 18.9 Å². The number of thiophene rings is 1. The van der Waals surface area contributed by atoms with E-state index in [9.17, 15) is 13.5 Å². The molecule has 2 N–H and O–H groups in total. The van der Waals surface area contributed by atoms with E-state index in [1.807, 2.05) is 13.8 Å². The molecule has 0 saturated carbocycles. The van der Waals surface area contributed by atoms with E-state index in [1.54, 1.807) is 0 Å². The van der Waals surface area contributed by atoms with Crippen molar-refractivity contribution in [1.29, 1.82) is 0 Å². The standard InChI is InChI=1S/C10H15Cl2NO3S2/c1-3-10(4-2,6-14)13-18(15,16)7-5-8(11)17-9(7)12/h5,13-14H,3-4,6H2,1-2H3. The Morgan fingerprint density at radius 3 is 2.28 bits per heavy atom. The van der Waals surface area contributed by atoms with E-state index in [4.69, 9.17) is 23.2 Å². The average molecular weight is 332 g/mol. The van der Waals surface area contributed by atoms with Crippen LogP contribution < -0.4 is 4.72 Å². The molecule has 0 unspecified atom stereocenters. The van der Waals surface area contributed by atoms with Crippen LogP contribution in [0.5, 0.6) is 0 Å². The van der Waals surface area contributed by atoms with Crippen molar-refractivity contribution in [3.05, 3.63) is 14.7 Å². The lowest BCUT2D eigenvalue weighted by molar-refractivity contribution is 0.172. The smallest absolute Gasteiger partial charge is 0.243 e. The van der Waals surface area contributed by atoms with Crippen molar-refractivity contribution in [3.8, 4) is 0 Å². The van der Waals surface area contributed by atoms with E-state index in [2.05, 4.69) is 4.72 Å². The van der Waals surface area contributed by atoms with Crippen molar-refractivity contribution in [2.45, 2.75) is 37.1 Å². The third-order valence-corrected chi connectivity index (χ3v) is 6.25. The SMILES string of the molecule is CCC(CC)(CO)NS(=O)(=O)c1cc(Cl)sc1Cl. The molecule has 0 saturated heterocycles.